The fourth-order valence-corrected chi connectivity index (χ4v) is 4.16. The molecule has 2 N–H and O–H groups in total. The Morgan fingerprint density at radius 3 is 1.97 bits per heavy atom. The number of phenolic OH excluding ortho intramolecular Hbond substituents is 2. The van der Waals surface area contributed by atoms with E-state index >= 15 is 0 Å². The first-order chi connectivity index (χ1) is 14.6. The van der Waals surface area contributed by atoms with Crippen LogP contribution in [0.25, 0.3) is 33.6 Å². The molecule has 1 aliphatic carbocycles. The summed E-state index contributed by atoms with van der Waals surface area (Å²) >= 11 is 0. The highest BCUT2D eigenvalue weighted by Gasteiger charge is 2.29. The Bertz CT molecular complexity index is 1190. The number of rotatable bonds is 4. The number of hydrogen-bond acceptors (Lipinski definition) is 3. The molecule has 1 heterocycles. The van der Waals surface area contributed by atoms with Crippen molar-refractivity contribution in [2.24, 2.45) is 0 Å². The van der Waals surface area contributed by atoms with Gasteiger partial charge in [0.25, 0.3) is 0 Å². The predicted octanol–water partition coefficient (Wildman–Crippen LogP) is 6.33. The van der Waals surface area contributed by atoms with Crippen LogP contribution in [0.2, 0.25) is 0 Å². The number of aromatic nitrogens is 2. The molecule has 0 aliphatic heterocycles. The van der Waals surface area contributed by atoms with Crippen LogP contribution >= 0.6 is 0 Å². The second kappa shape index (κ2) is 7.38. The molecule has 0 saturated heterocycles. The number of hydrogen-bond donors (Lipinski definition) is 2. The highest BCUT2D eigenvalue weighted by molar-refractivity contribution is 5.93. The number of benzene rings is 3. The smallest absolute Gasteiger partial charge is 0.115 e. The molecule has 0 amide bonds. The molecule has 5 rings (SSSR count). The lowest BCUT2D eigenvalue weighted by molar-refractivity contribution is 0.293. The zero-order chi connectivity index (χ0) is 20.7. The van der Waals surface area contributed by atoms with Gasteiger partial charge in [0.15, 0.2) is 0 Å². The molecule has 4 aromatic rings. The maximum absolute atomic E-state index is 9.83. The van der Waals surface area contributed by atoms with Crippen molar-refractivity contribution in [3.05, 3.63) is 78.4 Å². The molecule has 0 spiro atoms. The monoisotopic (exact) mass is 396 g/mol. The Hall–Kier alpha value is -3.53. The molecule has 0 atom stereocenters. The van der Waals surface area contributed by atoms with E-state index in [0.717, 1.165) is 46.5 Å². The van der Waals surface area contributed by atoms with Gasteiger partial charge in [-0.05, 0) is 85.8 Å². The van der Waals surface area contributed by atoms with Crippen LogP contribution in [-0.2, 0) is 0 Å². The Morgan fingerprint density at radius 2 is 1.40 bits per heavy atom. The fraction of sp³-hybridized carbons (Fsp3) is 0.192. The molecule has 1 fully saturated rings. The Balaban J connectivity index is 1.84. The molecule has 0 radical (unpaired) electrons. The van der Waals surface area contributed by atoms with Crippen molar-refractivity contribution >= 4 is 0 Å². The average molecular weight is 396 g/mol. The highest BCUT2D eigenvalue weighted by Crippen LogP contribution is 2.45. The van der Waals surface area contributed by atoms with Crippen LogP contribution in [0.5, 0.6) is 11.5 Å². The van der Waals surface area contributed by atoms with Crippen molar-refractivity contribution in [1.82, 2.24) is 9.78 Å². The summed E-state index contributed by atoms with van der Waals surface area (Å²) in [5.41, 5.74) is 7.44. The van der Waals surface area contributed by atoms with Gasteiger partial charge in [-0.3, -0.25) is 4.68 Å². The summed E-state index contributed by atoms with van der Waals surface area (Å²) in [5.74, 6) is 0.498. The first kappa shape index (κ1) is 18.5. The van der Waals surface area contributed by atoms with Gasteiger partial charge < -0.3 is 10.2 Å². The lowest BCUT2D eigenvalue weighted by atomic mass is 9.90. The molecule has 30 heavy (non-hydrogen) atoms. The number of aryl methyl sites for hydroxylation is 1. The van der Waals surface area contributed by atoms with Gasteiger partial charge in [0, 0.05) is 16.7 Å². The first-order valence-corrected chi connectivity index (χ1v) is 10.4. The van der Waals surface area contributed by atoms with E-state index in [0.29, 0.717) is 6.04 Å². The maximum Gasteiger partial charge on any atom is 0.115 e. The molecular weight excluding hydrogens is 372 g/mol. The topological polar surface area (TPSA) is 58.3 Å². The quantitative estimate of drug-likeness (QED) is 0.424. The summed E-state index contributed by atoms with van der Waals surface area (Å²) in [4.78, 5) is 0. The van der Waals surface area contributed by atoms with Crippen LogP contribution in [0.3, 0.4) is 0 Å². The second-order valence-corrected chi connectivity index (χ2v) is 8.01. The van der Waals surface area contributed by atoms with Gasteiger partial charge in [0.2, 0.25) is 0 Å². The van der Waals surface area contributed by atoms with Crippen LogP contribution in [0.4, 0.5) is 0 Å². The number of aromatic hydroxyl groups is 2. The van der Waals surface area contributed by atoms with E-state index in [9.17, 15) is 10.2 Å². The summed E-state index contributed by atoms with van der Waals surface area (Å²) in [6.07, 6.45) is 3.46. The summed E-state index contributed by atoms with van der Waals surface area (Å²) in [5, 5.41) is 24.7. The zero-order valence-corrected chi connectivity index (χ0v) is 16.9. The normalized spacial score (nSPS) is 13.9. The van der Waals surface area contributed by atoms with E-state index in [4.69, 9.17) is 5.10 Å². The Morgan fingerprint density at radius 1 is 0.800 bits per heavy atom. The third-order valence-electron chi connectivity index (χ3n) is 6.03. The molecule has 150 valence electrons. The third kappa shape index (κ3) is 3.14. The largest absolute Gasteiger partial charge is 0.508 e. The lowest BCUT2D eigenvalue weighted by Crippen LogP contribution is -2.19. The summed E-state index contributed by atoms with van der Waals surface area (Å²) < 4.78 is 2.18. The van der Waals surface area contributed by atoms with Crippen LogP contribution in [0, 0.1) is 6.92 Å². The van der Waals surface area contributed by atoms with Crippen LogP contribution in [-0.4, -0.2) is 20.0 Å². The minimum Gasteiger partial charge on any atom is -0.508 e. The van der Waals surface area contributed by atoms with Gasteiger partial charge >= 0.3 is 0 Å². The van der Waals surface area contributed by atoms with Gasteiger partial charge in [-0.1, -0.05) is 24.3 Å². The standard InChI is InChI=1S/C26H24N2O2/c1-17-5-2-3-8-23(17)24-25(18-9-13-21(29)14-10-18)27-28(20-6-4-7-20)26(24)19-11-15-22(30)16-12-19/h2-3,5,8-16,20,29-30H,4,6-7H2,1H3. The Labute approximate surface area is 176 Å². The van der Waals surface area contributed by atoms with E-state index in [1.165, 1.54) is 12.0 Å². The average Bonchev–Trinajstić information content (AvgIpc) is 3.08. The maximum atomic E-state index is 9.83. The minimum atomic E-state index is 0.244. The summed E-state index contributed by atoms with van der Waals surface area (Å²) in [6.45, 7) is 2.12. The molecule has 4 heteroatoms. The van der Waals surface area contributed by atoms with Crippen molar-refractivity contribution in [2.45, 2.75) is 32.2 Å². The van der Waals surface area contributed by atoms with E-state index in [1.54, 1.807) is 24.3 Å². The lowest BCUT2D eigenvalue weighted by Gasteiger charge is -2.28. The van der Waals surface area contributed by atoms with Gasteiger partial charge in [-0.15, -0.1) is 0 Å². The van der Waals surface area contributed by atoms with Crippen molar-refractivity contribution in [1.29, 1.82) is 0 Å². The first-order valence-electron chi connectivity index (χ1n) is 10.4. The fourth-order valence-electron chi connectivity index (χ4n) is 4.16. The SMILES string of the molecule is Cc1ccccc1-c1c(-c2ccc(O)cc2)nn(C2CCC2)c1-c1ccc(O)cc1. The molecule has 1 aliphatic rings. The van der Waals surface area contributed by atoms with Gasteiger partial charge in [-0.2, -0.15) is 5.10 Å². The number of phenols is 2. The summed E-state index contributed by atoms with van der Waals surface area (Å²) in [7, 11) is 0. The second-order valence-electron chi connectivity index (χ2n) is 8.01. The van der Waals surface area contributed by atoms with Gasteiger partial charge in [-0.25, -0.2) is 0 Å². The Kier molecular flexibility index (Phi) is 4.55. The van der Waals surface area contributed by atoms with Gasteiger partial charge in [0.05, 0.1) is 11.7 Å². The summed E-state index contributed by atoms with van der Waals surface area (Å²) in [6, 6.07) is 23.4. The third-order valence-corrected chi connectivity index (χ3v) is 6.03. The molecule has 4 nitrogen and oxygen atoms in total. The van der Waals surface area contributed by atoms with Crippen molar-refractivity contribution in [3.63, 3.8) is 0 Å². The predicted molar refractivity (Wildman–Crippen MR) is 119 cm³/mol. The van der Waals surface area contributed by atoms with Crippen molar-refractivity contribution in [2.75, 3.05) is 0 Å². The zero-order valence-electron chi connectivity index (χ0n) is 16.9. The molecular formula is C26H24N2O2. The minimum absolute atomic E-state index is 0.244. The van der Waals surface area contributed by atoms with Crippen LogP contribution < -0.4 is 0 Å². The number of nitrogens with zero attached hydrogens (tertiary/aromatic N) is 2. The molecule has 3 aromatic carbocycles. The van der Waals surface area contributed by atoms with E-state index in [1.807, 2.05) is 24.3 Å². The highest BCUT2D eigenvalue weighted by atomic mass is 16.3. The molecule has 0 bridgehead atoms. The van der Waals surface area contributed by atoms with Crippen molar-refractivity contribution < 1.29 is 10.2 Å². The van der Waals surface area contributed by atoms with E-state index in [-0.39, 0.29) is 11.5 Å². The molecule has 1 saturated carbocycles. The van der Waals surface area contributed by atoms with Gasteiger partial charge in [0.1, 0.15) is 17.2 Å². The van der Waals surface area contributed by atoms with Crippen molar-refractivity contribution in [3.8, 4) is 45.1 Å². The van der Waals surface area contributed by atoms with Crippen LogP contribution in [0.1, 0.15) is 30.9 Å². The molecule has 0 unspecified atom stereocenters. The van der Waals surface area contributed by atoms with E-state index < -0.39 is 0 Å². The molecule has 1 aromatic heterocycles. The van der Waals surface area contributed by atoms with E-state index in [2.05, 4.69) is 35.9 Å². The van der Waals surface area contributed by atoms with Crippen LogP contribution in [0.15, 0.2) is 72.8 Å².